The van der Waals surface area contributed by atoms with Gasteiger partial charge in [-0.3, -0.25) is 14.6 Å². The first-order chi connectivity index (χ1) is 12.4. The van der Waals surface area contributed by atoms with E-state index in [0.717, 1.165) is 5.56 Å². The minimum Gasteiger partial charge on any atom is -0.376 e. The molecule has 1 aliphatic rings. The highest BCUT2D eigenvalue weighted by Gasteiger charge is 2.29. The zero-order valence-electron chi connectivity index (χ0n) is 15.2. The molecule has 7 heteroatoms. The molecule has 0 saturated carbocycles. The van der Waals surface area contributed by atoms with Crippen LogP contribution >= 0.6 is 0 Å². The Bertz CT molecular complexity index is 678. The molecule has 0 radical (unpaired) electrons. The molecule has 1 heterocycles. The molecule has 1 aromatic carbocycles. The molecule has 0 spiro atoms. The van der Waals surface area contributed by atoms with Crippen LogP contribution in [0.1, 0.15) is 25.8 Å². The van der Waals surface area contributed by atoms with Gasteiger partial charge < -0.3 is 21.1 Å². The van der Waals surface area contributed by atoms with Gasteiger partial charge in [-0.2, -0.15) is 0 Å². The molecule has 0 bridgehead atoms. The monoisotopic (exact) mass is 358 g/mol. The van der Waals surface area contributed by atoms with Crippen molar-refractivity contribution in [2.75, 3.05) is 13.2 Å². The molecule has 0 fully saturated rings. The van der Waals surface area contributed by atoms with Crippen LogP contribution in [0.25, 0.3) is 0 Å². The number of hydrogen-bond donors (Lipinski definition) is 3. The Morgan fingerprint density at radius 1 is 1.35 bits per heavy atom. The SMILES string of the molecule is CC(C)(N)C(=O)C[C@H](COCc1ccccc1)C(=O)NC1=CNC=NC1. The Kier molecular flexibility index (Phi) is 7.06. The van der Waals surface area contributed by atoms with E-state index in [-0.39, 0.29) is 24.7 Å². The lowest BCUT2D eigenvalue weighted by Crippen LogP contribution is -2.45. The van der Waals surface area contributed by atoms with Crippen molar-refractivity contribution in [2.24, 2.45) is 16.6 Å². The molecule has 140 valence electrons. The van der Waals surface area contributed by atoms with Gasteiger partial charge >= 0.3 is 0 Å². The minimum absolute atomic E-state index is 0.0219. The zero-order chi connectivity index (χ0) is 19.0. The number of amides is 1. The number of nitrogens with one attached hydrogen (secondary N) is 2. The summed E-state index contributed by atoms with van der Waals surface area (Å²) >= 11 is 0. The van der Waals surface area contributed by atoms with Crippen LogP contribution < -0.4 is 16.4 Å². The number of carbonyl (C=O) groups is 2. The normalized spacial score (nSPS) is 15.0. The van der Waals surface area contributed by atoms with Crippen LogP contribution in [0, 0.1) is 5.92 Å². The molecule has 0 aliphatic carbocycles. The molecule has 1 aromatic rings. The van der Waals surface area contributed by atoms with Gasteiger partial charge in [0.2, 0.25) is 5.91 Å². The highest BCUT2D eigenvalue weighted by molar-refractivity contribution is 5.92. The van der Waals surface area contributed by atoms with Crippen molar-refractivity contribution >= 4 is 18.0 Å². The standard InChI is InChI=1S/C19H26N4O3/c1-19(2,20)17(24)8-15(12-26-11-14-6-4-3-5-7-14)18(25)23-16-9-21-13-22-10-16/h3-7,9,13,15H,8,10-12,20H2,1-2H3,(H,21,22)(H,23,25)/t15-/m1/s1. The fourth-order valence-corrected chi connectivity index (χ4v) is 2.32. The van der Waals surface area contributed by atoms with Gasteiger partial charge in [0.05, 0.1) is 43.3 Å². The topological polar surface area (TPSA) is 106 Å². The smallest absolute Gasteiger partial charge is 0.230 e. The quantitative estimate of drug-likeness (QED) is 0.613. The van der Waals surface area contributed by atoms with E-state index in [0.29, 0.717) is 18.8 Å². The number of carbonyl (C=O) groups excluding carboxylic acids is 2. The molecular weight excluding hydrogens is 332 g/mol. The van der Waals surface area contributed by atoms with Crippen molar-refractivity contribution in [3.8, 4) is 0 Å². The summed E-state index contributed by atoms with van der Waals surface area (Å²) < 4.78 is 5.69. The van der Waals surface area contributed by atoms with E-state index in [2.05, 4.69) is 15.6 Å². The van der Waals surface area contributed by atoms with Crippen LogP contribution in [0.3, 0.4) is 0 Å². The highest BCUT2D eigenvalue weighted by Crippen LogP contribution is 2.14. The second kappa shape index (κ2) is 9.26. The third-order valence-corrected chi connectivity index (χ3v) is 3.92. The summed E-state index contributed by atoms with van der Waals surface area (Å²) in [6.45, 7) is 4.16. The van der Waals surface area contributed by atoms with Gasteiger partial charge in [0.1, 0.15) is 0 Å². The number of nitrogens with zero attached hydrogens (tertiary/aromatic N) is 1. The summed E-state index contributed by atoms with van der Waals surface area (Å²) in [6.07, 6.45) is 3.24. The molecule has 2 rings (SSSR count). The average molecular weight is 358 g/mol. The van der Waals surface area contributed by atoms with Gasteiger partial charge in [-0.1, -0.05) is 30.3 Å². The second-order valence-electron chi connectivity index (χ2n) is 6.84. The predicted octanol–water partition coefficient (Wildman–Crippen LogP) is 1.11. The number of ether oxygens (including phenoxy) is 1. The lowest BCUT2D eigenvalue weighted by atomic mass is 9.91. The van der Waals surface area contributed by atoms with Crippen molar-refractivity contribution in [1.82, 2.24) is 10.6 Å². The lowest BCUT2D eigenvalue weighted by Gasteiger charge is -2.22. The second-order valence-corrected chi connectivity index (χ2v) is 6.84. The molecule has 26 heavy (non-hydrogen) atoms. The Balaban J connectivity index is 1.96. The molecule has 1 aliphatic heterocycles. The van der Waals surface area contributed by atoms with E-state index < -0.39 is 11.5 Å². The lowest BCUT2D eigenvalue weighted by molar-refractivity contribution is -0.132. The van der Waals surface area contributed by atoms with E-state index in [1.54, 1.807) is 26.4 Å². The first kappa shape index (κ1) is 19.8. The van der Waals surface area contributed by atoms with Crippen molar-refractivity contribution in [3.05, 3.63) is 47.8 Å². The molecular formula is C19H26N4O3. The van der Waals surface area contributed by atoms with Gasteiger partial charge in [-0.15, -0.1) is 0 Å². The molecule has 1 amide bonds. The zero-order valence-corrected chi connectivity index (χ0v) is 15.2. The van der Waals surface area contributed by atoms with Crippen molar-refractivity contribution in [3.63, 3.8) is 0 Å². The van der Waals surface area contributed by atoms with Crippen molar-refractivity contribution in [1.29, 1.82) is 0 Å². The Morgan fingerprint density at radius 3 is 2.69 bits per heavy atom. The number of Topliss-reactive ketones (excluding diaryl/α,β-unsaturated/α-hetero) is 1. The maximum absolute atomic E-state index is 12.6. The molecule has 0 saturated heterocycles. The third-order valence-electron chi connectivity index (χ3n) is 3.92. The number of aliphatic imine (C=N–C) groups is 1. The van der Waals surface area contributed by atoms with Crippen LogP contribution in [-0.4, -0.2) is 36.7 Å². The predicted molar refractivity (Wildman–Crippen MR) is 100 cm³/mol. The van der Waals surface area contributed by atoms with Crippen LogP contribution in [0.15, 0.2) is 47.2 Å². The van der Waals surface area contributed by atoms with E-state index >= 15 is 0 Å². The Labute approximate surface area is 153 Å². The summed E-state index contributed by atoms with van der Waals surface area (Å²) in [4.78, 5) is 28.9. The van der Waals surface area contributed by atoms with E-state index in [9.17, 15) is 9.59 Å². The maximum Gasteiger partial charge on any atom is 0.230 e. The maximum atomic E-state index is 12.6. The average Bonchev–Trinajstić information content (AvgIpc) is 2.61. The van der Waals surface area contributed by atoms with Gasteiger partial charge in [-0.25, -0.2) is 0 Å². The number of nitrogens with two attached hydrogens (primary N) is 1. The van der Waals surface area contributed by atoms with Gasteiger partial charge in [0, 0.05) is 12.6 Å². The highest BCUT2D eigenvalue weighted by atomic mass is 16.5. The summed E-state index contributed by atoms with van der Waals surface area (Å²) in [6, 6.07) is 9.66. The minimum atomic E-state index is -0.992. The number of ketones is 1. The van der Waals surface area contributed by atoms with Crippen molar-refractivity contribution in [2.45, 2.75) is 32.4 Å². The summed E-state index contributed by atoms with van der Waals surface area (Å²) in [5.41, 5.74) is 6.53. The molecule has 4 N–H and O–H groups in total. The Hall–Kier alpha value is -2.51. The van der Waals surface area contributed by atoms with Crippen LogP contribution in [0.4, 0.5) is 0 Å². The fraction of sp³-hybridized carbons (Fsp3) is 0.421. The van der Waals surface area contributed by atoms with E-state index in [1.807, 2.05) is 30.3 Å². The number of hydrogen-bond acceptors (Lipinski definition) is 6. The fourth-order valence-electron chi connectivity index (χ4n) is 2.32. The van der Waals surface area contributed by atoms with Crippen LogP contribution in [0.2, 0.25) is 0 Å². The largest absolute Gasteiger partial charge is 0.376 e. The molecule has 7 nitrogen and oxygen atoms in total. The van der Waals surface area contributed by atoms with Gasteiger partial charge in [-0.05, 0) is 19.4 Å². The van der Waals surface area contributed by atoms with E-state index in [4.69, 9.17) is 10.5 Å². The number of rotatable bonds is 9. The Morgan fingerprint density at radius 2 is 2.08 bits per heavy atom. The molecule has 0 aromatic heterocycles. The van der Waals surface area contributed by atoms with E-state index in [1.165, 1.54) is 0 Å². The molecule has 1 atom stereocenters. The summed E-state index contributed by atoms with van der Waals surface area (Å²) in [7, 11) is 0. The van der Waals surface area contributed by atoms with Crippen LogP contribution in [-0.2, 0) is 20.9 Å². The summed E-state index contributed by atoms with van der Waals surface area (Å²) in [5, 5.41) is 5.62. The van der Waals surface area contributed by atoms with Crippen molar-refractivity contribution < 1.29 is 14.3 Å². The van der Waals surface area contributed by atoms with Crippen LogP contribution in [0.5, 0.6) is 0 Å². The summed E-state index contributed by atoms with van der Waals surface area (Å²) in [5.74, 6) is -1.09. The molecule has 0 unspecified atom stereocenters. The van der Waals surface area contributed by atoms with Gasteiger partial charge in [0.15, 0.2) is 5.78 Å². The first-order valence-electron chi connectivity index (χ1n) is 8.54. The first-order valence-corrected chi connectivity index (χ1v) is 8.54. The number of benzene rings is 1. The third kappa shape index (κ3) is 6.42. The van der Waals surface area contributed by atoms with Gasteiger partial charge in [0.25, 0.3) is 0 Å².